The molecule has 1 N–H and O–H groups in total. The minimum atomic E-state index is -2.77. The standard InChI is InChI=1S/C16H20N6O/c1-11-5-7-22(14(23)8-17-2)9-13(11)21(3)16-12-4-6-18-15(12)19-10-20-16/h4,6,10-11,13H,5,7-9H2,1,3H3,(H,18,19,20)/t11-,13+/m1/s1/i3D3,8D2,13D. The maximum absolute atomic E-state index is 12.5. The van der Waals surface area contributed by atoms with Crippen LogP contribution in [-0.4, -0.2) is 58.3 Å². The van der Waals surface area contributed by atoms with Crippen LogP contribution in [0.1, 0.15) is 21.6 Å². The normalized spacial score (nSPS) is 29.4. The molecule has 1 saturated heterocycles. The summed E-state index contributed by atoms with van der Waals surface area (Å²) in [5.41, 5.74) is 0.411. The molecule has 120 valence electrons. The number of amides is 1. The van der Waals surface area contributed by atoms with Crippen LogP contribution in [0.15, 0.2) is 18.6 Å². The van der Waals surface area contributed by atoms with Gasteiger partial charge in [-0.15, -0.1) is 0 Å². The van der Waals surface area contributed by atoms with E-state index < -0.39 is 31.3 Å². The Hall–Kier alpha value is -2.62. The summed E-state index contributed by atoms with van der Waals surface area (Å²) in [5, 5.41) is 0.419. The van der Waals surface area contributed by atoms with Crippen molar-refractivity contribution >= 4 is 22.8 Å². The summed E-state index contributed by atoms with van der Waals surface area (Å²) < 4.78 is 48.5. The van der Waals surface area contributed by atoms with Crippen LogP contribution in [0.2, 0.25) is 0 Å². The van der Waals surface area contributed by atoms with Gasteiger partial charge in [-0.3, -0.25) is 4.79 Å². The molecule has 1 aliphatic heterocycles. The van der Waals surface area contributed by atoms with E-state index in [9.17, 15) is 4.79 Å². The van der Waals surface area contributed by atoms with Crippen molar-refractivity contribution in [3.8, 4) is 0 Å². The summed E-state index contributed by atoms with van der Waals surface area (Å²) in [6.07, 6.45) is 3.06. The number of anilines is 1. The van der Waals surface area contributed by atoms with Gasteiger partial charge in [0.25, 0.3) is 6.50 Å². The van der Waals surface area contributed by atoms with Crippen LogP contribution in [0.25, 0.3) is 15.9 Å². The topological polar surface area (TPSA) is 69.5 Å². The monoisotopic (exact) mass is 318 g/mol. The lowest BCUT2D eigenvalue weighted by Gasteiger charge is -2.41. The molecule has 0 bridgehead atoms. The van der Waals surface area contributed by atoms with Crippen molar-refractivity contribution in [2.75, 3.05) is 31.5 Å². The number of aromatic amines is 1. The van der Waals surface area contributed by atoms with Crippen molar-refractivity contribution in [3.05, 3.63) is 30.0 Å². The van der Waals surface area contributed by atoms with Crippen LogP contribution in [0, 0.1) is 12.5 Å². The van der Waals surface area contributed by atoms with E-state index in [4.69, 9.17) is 14.8 Å². The maximum Gasteiger partial charge on any atom is 0.302 e. The lowest BCUT2D eigenvalue weighted by molar-refractivity contribution is -0.130. The second kappa shape index (κ2) is 6.24. The second-order valence-electron chi connectivity index (χ2n) is 5.40. The number of piperidine rings is 1. The number of nitrogens with zero attached hydrogens (tertiary/aromatic N) is 5. The predicted octanol–water partition coefficient (Wildman–Crippen LogP) is 1.55. The lowest BCUT2D eigenvalue weighted by Crippen LogP contribution is -2.53. The van der Waals surface area contributed by atoms with Gasteiger partial charge < -0.3 is 19.6 Å². The third kappa shape index (κ3) is 2.84. The number of H-pyrrole nitrogens is 1. The molecule has 0 unspecified atom stereocenters. The van der Waals surface area contributed by atoms with Crippen molar-refractivity contribution in [2.24, 2.45) is 5.92 Å². The number of likely N-dealkylation sites (tertiary alicyclic amines) is 1. The average molecular weight is 318 g/mol. The van der Waals surface area contributed by atoms with Gasteiger partial charge in [0, 0.05) is 30.4 Å². The fourth-order valence-corrected chi connectivity index (χ4v) is 2.70. The highest BCUT2D eigenvalue weighted by Crippen LogP contribution is 2.28. The van der Waals surface area contributed by atoms with Crippen molar-refractivity contribution in [3.63, 3.8) is 0 Å². The number of nitrogens with one attached hydrogen (secondary N) is 1. The number of carbonyl (C=O) groups excluding carboxylic acids is 1. The summed E-state index contributed by atoms with van der Waals surface area (Å²) in [6, 6.07) is -0.212. The van der Waals surface area contributed by atoms with E-state index in [2.05, 4.69) is 19.8 Å². The van der Waals surface area contributed by atoms with Gasteiger partial charge in [0.1, 0.15) is 20.5 Å². The van der Waals surface area contributed by atoms with Crippen LogP contribution < -0.4 is 4.90 Å². The molecule has 0 radical (unpaired) electrons. The molecule has 3 rings (SSSR count). The first-order valence-corrected chi connectivity index (χ1v) is 7.18. The molecule has 23 heavy (non-hydrogen) atoms. The second-order valence-corrected chi connectivity index (χ2v) is 5.40. The number of hydrogen-bond donors (Lipinski definition) is 1. The van der Waals surface area contributed by atoms with Gasteiger partial charge in [-0.1, -0.05) is 6.92 Å². The van der Waals surface area contributed by atoms with E-state index in [-0.39, 0.29) is 25.3 Å². The van der Waals surface area contributed by atoms with Crippen molar-refractivity contribution < 1.29 is 13.0 Å². The van der Waals surface area contributed by atoms with Gasteiger partial charge in [0.15, 0.2) is 0 Å². The first-order valence-electron chi connectivity index (χ1n) is 10.2. The van der Waals surface area contributed by atoms with Gasteiger partial charge in [-0.25, -0.2) is 16.5 Å². The highest BCUT2D eigenvalue weighted by molar-refractivity contribution is 5.87. The summed E-state index contributed by atoms with van der Waals surface area (Å²) in [7, 11) is 0. The largest absolute Gasteiger partial charge is 0.354 e. The Labute approximate surface area is 143 Å². The van der Waals surface area contributed by atoms with Gasteiger partial charge >= 0.3 is 5.91 Å². The minimum Gasteiger partial charge on any atom is -0.354 e. The molecule has 3 heterocycles. The lowest BCUT2D eigenvalue weighted by atomic mass is 9.92. The van der Waals surface area contributed by atoms with Crippen LogP contribution in [0.4, 0.5) is 5.82 Å². The fraction of sp³-hybridized carbons (Fsp3) is 0.500. The smallest absolute Gasteiger partial charge is 0.302 e. The Bertz CT molecular complexity index is 969. The van der Waals surface area contributed by atoms with Crippen LogP contribution in [-0.2, 0) is 4.79 Å². The van der Waals surface area contributed by atoms with E-state index >= 15 is 0 Å². The van der Waals surface area contributed by atoms with Crippen LogP contribution in [0.5, 0.6) is 0 Å². The molecule has 0 aliphatic carbocycles. The maximum atomic E-state index is 12.5. The Morgan fingerprint density at radius 1 is 1.74 bits per heavy atom. The molecule has 1 aliphatic rings. The van der Waals surface area contributed by atoms with Crippen LogP contribution >= 0.6 is 0 Å². The zero-order chi connectivity index (χ0) is 21.6. The highest BCUT2D eigenvalue weighted by Gasteiger charge is 2.33. The molecule has 7 heteroatoms. The van der Waals surface area contributed by atoms with Crippen LogP contribution in [0.3, 0.4) is 0 Å². The molecular weight excluding hydrogens is 292 g/mol. The van der Waals surface area contributed by atoms with Gasteiger partial charge in [-0.2, -0.15) is 0 Å². The van der Waals surface area contributed by atoms with Crippen molar-refractivity contribution in [1.29, 1.82) is 0 Å². The molecule has 1 fully saturated rings. The van der Waals surface area contributed by atoms with E-state index in [0.29, 0.717) is 11.0 Å². The number of hydrogen-bond acceptors (Lipinski definition) is 4. The predicted molar refractivity (Wildman–Crippen MR) is 87.9 cm³/mol. The Kier molecular flexibility index (Phi) is 2.58. The van der Waals surface area contributed by atoms with E-state index in [1.54, 1.807) is 19.2 Å². The Morgan fingerprint density at radius 3 is 3.39 bits per heavy atom. The molecular formula is C16H20N6O. The summed E-state index contributed by atoms with van der Waals surface area (Å²) in [6.45, 7) is 2.85. The van der Waals surface area contributed by atoms with Crippen molar-refractivity contribution in [1.82, 2.24) is 19.9 Å². The summed E-state index contributed by atoms with van der Waals surface area (Å²) in [5.74, 6) is -1.52. The fourth-order valence-electron chi connectivity index (χ4n) is 2.70. The number of fused-ring (bicyclic) bond motifs is 1. The first-order chi connectivity index (χ1) is 13.4. The highest BCUT2D eigenvalue weighted by atomic mass is 16.2. The molecule has 1 amide bonds. The molecule has 0 spiro atoms. The quantitative estimate of drug-likeness (QED) is 0.872. The first kappa shape index (κ1) is 9.50. The van der Waals surface area contributed by atoms with E-state index in [0.717, 1.165) is 9.80 Å². The Morgan fingerprint density at radius 2 is 2.61 bits per heavy atom. The zero-order valence-electron chi connectivity index (χ0n) is 18.6. The minimum absolute atomic E-state index is 0.0283. The summed E-state index contributed by atoms with van der Waals surface area (Å²) >= 11 is 0. The molecule has 0 aromatic carbocycles. The van der Waals surface area contributed by atoms with Crippen molar-refractivity contribution in [2.45, 2.75) is 19.4 Å². The molecule has 7 nitrogen and oxygen atoms in total. The number of rotatable bonds is 3. The Balaban J connectivity index is 2.10. The number of carbonyl (C=O) groups is 1. The summed E-state index contributed by atoms with van der Waals surface area (Å²) in [4.78, 5) is 28.2. The molecule has 0 saturated carbocycles. The van der Waals surface area contributed by atoms with Gasteiger partial charge in [0.2, 0.25) is 0 Å². The van der Waals surface area contributed by atoms with Gasteiger partial charge in [0.05, 0.1) is 12.8 Å². The van der Waals surface area contributed by atoms with E-state index in [1.807, 2.05) is 0 Å². The average Bonchev–Trinajstić information content (AvgIpc) is 3.12. The number of likely N-dealkylation sites (N-methyl/N-ethyl adjacent to an activating group) is 1. The molecule has 2 aromatic heterocycles. The van der Waals surface area contributed by atoms with Gasteiger partial charge in [-0.05, 0) is 18.4 Å². The third-order valence-electron chi connectivity index (χ3n) is 4.02. The molecule has 2 atom stereocenters. The third-order valence-corrected chi connectivity index (χ3v) is 4.02. The molecule has 2 aromatic rings. The number of aromatic nitrogens is 3. The zero-order valence-corrected chi connectivity index (χ0v) is 12.6. The van der Waals surface area contributed by atoms with E-state index in [1.165, 1.54) is 6.33 Å². The SMILES string of the molecule is [2H]C([2H])([N+]#[C-])C(=O)N1CC[C@@H](C)[C@@]([2H])(N(c2ncnc3[nH]ccc23)C([2H])([2H])[2H])C1.